The normalized spacial score (nSPS) is 15.1. The number of amides is 2. The molecule has 0 bridgehead atoms. The maximum Gasteiger partial charge on any atom is 0.406 e. The van der Waals surface area contributed by atoms with Crippen molar-refractivity contribution in [3.63, 3.8) is 0 Å². The lowest BCUT2D eigenvalue weighted by Crippen LogP contribution is -2.47. The molecule has 156 valence electrons. The fourth-order valence-electron chi connectivity index (χ4n) is 2.89. The Kier molecular flexibility index (Phi) is 6.74. The van der Waals surface area contributed by atoms with Crippen LogP contribution >= 0.6 is 11.3 Å². The van der Waals surface area contributed by atoms with Crippen LogP contribution in [0.4, 0.5) is 18.2 Å². The zero-order valence-corrected chi connectivity index (χ0v) is 16.9. The standard InChI is InChI=1S/C18H23F3N2O4S/c1-9-11(3)28-16(22-12(4)24)15(9)17(26)27-7-14(25)23(8-18(19,20)21)10(2)13-5-6-13/h10,13H,5-8H2,1-4H3,(H,22,24)/t10-/m0/s1. The fraction of sp³-hybridized carbons (Fsp3) is 0.611. The van der Waals surface area contributed by atoms with Crippen molar-refractivity contribution in [2.24, 2.45) is 5.92 Å². The molecule has 2 amide bonds. The molecule has 1 atom stereocenters. The van der Waals surface area contributed by atoms with Crippen LogP contribution in [0.25, 0.3) is 0 Å². The van der Waals surface area contributed by atoms with E-state index in [1.807, 2.05) is 0 Å². The number of alkyl halides is 3. The summed E-state index contributed by atoms with van der Waals surface area (Å²) < 4.78 is 43.6. The van der Waals surface area contributed by atoms with Crippen molar-refractivity contribution < 1.29 is 32.3 Å². The molecule has 0 aromatic carbocycles. The van der Waals surface area contributed by atoms with Gasteiger partial charge < -0.3 is 15.0 Å². The van der Waals surface area contributed by atoms with Crippen LogP contribution in [0.5, 0.6) is 0 Å². The van der Waals surface area contributed by atoms with Crippen LogP contribution < -0.4 is 5.32 Å². The summed E-state index contributed by atoms with van der Waals surface area (Å²) in [5.41, 5.74) is 0.702. The number of hydrogen-bond acceptors (Lipinski definition) is 5. The third-order valence-electron chi connectivity index (χ3n) is 4.67. The van der Waals surface area contributed by atoms with Gasteiger partial charge in [0.05, 0.1) is 5.56 Å². The fourth-order valence-corrected chi connectivity index (χ4v) is 3.98. The Labute approximate surface area is 165 Å². The number of halogens is 3. The highest BCUT2D eigenvalue weighted by atomic mass is 32.1. The summed E-state index contributed by atoms with van der Waals surface area (Å²) in [5, 5.41) is 2.82. The number of carbonyl (C=O) groups is 3. The van der Waals surface area contributed by atoms with Crippen molar-refractivity contribution in [2.75, 3.05) is 18.5 Å². The number of nitrogens with one attached hydrogen (secondary N) is 1. The molecule has 0 saturated heterocycles. The second-order valence-electron chi connectivity index (χ2n) is 6.96. The average Bonchev–Trinajstić information content (AvgIpc) is 3.36. The minimum Gasteiger partial charge on any atom is -0.452 e. The highest BCUT2D eigenvalue weighted by Gasteiger charge is 2.40. The smallest absolute Gasteiger partial charge is 0.406 e. The van der Waals surface area contributed by atoms with E-state index in [0.29, 0.717) is 10.6 Å². The van der Waals surface area contributed by atoms with Crippen molar-refractivity contribution in [1.82, 2.24) is 4.90 Å². The highest BCUT2D eigenvalue weighted by Crippen LogP contribution is 2.36. The first-order valence-electron chi connectivity index (χ1n) is 8.81. The first kappa shape index (κ1) is 22.2. The first-order chi connectivity index (χ1) is 12.9. The second-order valence-corrected chi connectivity index (χ2v) is 8.18. The van der Waals surface area contributed by atoms with Crippen molar-refractivity contribution in [1.29, 1.82) is 0 Å². The monoisotopic (exact) mass is 420 g/mol. The first-order valence-corrected chi connectivity index (χ1v) is 9.63. The Morgan fingerprint density at radius 2 is 1.89 bits per heavy atom. The molecule has 0 aliphatic heterocycles. The SMILES string of the molecule is CC(=O)Nc1sc(C)c(C)c1C(=O)OCC(=O)N(CC(F)(F)F)[C@@H](C)C1CC1. The number of ether oxygens (including phenoxy) is 1. The average molecular weight is 420 g/mol. The van der Waals surface area contributed by atoms with Crippen LogP contribution in [0.2, 0.25) is 0 Å². The number of hydrogen-bond donors (Lipinski definition) is 1. The van der Waals surface area contributed by atoms with Crippen LogP contribution in [0.1, 0.15) is 47.5 Å². The van der Waals surface area contributed by atoms with Crippen molar-refractivity contribution in [2.45, 2.75) is 52.8 Å². The van der Waals surface area contributed by atoms with E-state index in [4.69, 9.17) is 4.74 Å². The number of anilines is 1. The summed E-state index contributed by atoms with van der Waals surface area (Å²) in [6, 6.07) is -0.576. The molecule has 6 nitrogen and oxygen atoms in total. The maximum absolute atomic E-state index is 12.9. The molecule has 1 saturated carbocycles. The summed E-state index contributed by atoms with van der Waals surface area (Å²) >= 11 is 1.19. The van der Waals surface area contributed by atoms with Crippen molar-refractivity contribution >= 4 is 34.1 Å². The van der Waals surface area contributed by atoms with Gasteiger partial charge in [0.15, 0.2) is 6.61 Å². The Hall–Kier alpha value is -2.10. The van der Waals surface area contributed by atoms with Gasteiger partial charge in [0.1, 0.15) is 11.5 Å². The van der Waals surface area contributed by atoms with Crippen LogP contribution in [0, 0.1) is 19.8 Å². The molecule has 2 rings (SSSR count). The van der Waals surface area contributed by atoms with Gasteiger partial charge in [-0.2, -0.15) is 13.2 Å². The molecule has 0 radical (unpaired) electrons. The molecule has 1 fully saturated rings. The number of nitrogens with zero attached hydrogens (tertiary/aromatic N) is 1. The molecular weight excluding hydrogens is 397 g/mol. The summed E-state index contributed by atoms with van der Waals surface area (Å²) in [7, 11) is 0. The molecule has 1 aromatic heterocycles. The van der Waals surface area contributed by atoms with Gasteiger partial charge in [0, 0.05) is 17.8 Å². The van der Waals surface area contributed by atoms with Gasteiger partial charge in [-0.3, -0.25) is 9.59 Å². The number of aryl methyl sites for hydroxylation is 1. The van der Waals surface area contributed by atoms with Gasteiger partial charge in [-0.1, -0.05) is 0 Å². The minimum atomic E-state index is -4.54. The van der Waals surface area contributed by atoms with E-state index in [1.165, 1.54) is 18.3 Å². The zero-order valence-electron chi connectivity index (χ0n) is 16.1. The van der Waals surface area contributed by atoms with Gasteiger partial charge in [-0.25, -0.2) is 4.79 Å². The number of thiophene rings is 1. The third kappa shape index (κ3) is 5.70. The predicted molar refractivity (Wildman–Crippen MR) is 98.3 cm³/mol. The summed E-state index contributed by atoms with van der Waals surface area (Å²) in [6.45, 7) is 4.12. The number of esters is 1. The molecule has 1 aliphatic rings. The van der Waals surface area contributed by atoms with Crippen molar-refractivity contribution in [3.8, 4) is 0 Å². The molecule has 1 heterocycles. The summed E-state index contributed by atoms with van der Waals surface area (Å²) in [6.07, 6.45) is -2.99. The highest BCUT2D eigenvalue weighted by molar-refractivity contribution is 7.16. The summed E-state index contributed by atoms with van der Waals surface area (Å²) in [4.78, 5) is 37.6. The lowest BCUT2D eigenvalue weighted by molar-refractivity contribution is -0.167. The van der Waals surface area contributed by atoms with E-state index < -0.39 is 37.2 Å². The topological polar surface area (TPSA) is 75.7 Å². The quantitative estimate of drug-likeness (QED) is 0.683. The molecule has 1 aromatic rings. The van der Waals surface area contributed by atoms with E-state index >= 15 is 0 Å². The molecule has 10 heteroatoms. The molecule has 0 spiro atoms. The van der Waals surface area contributed by atoms with E-state index in [9.17, 15) is 27.6 Å². The van der Waals surface area contributed by atoms with E-state index in [-0.39, 0.29) is 17.4 Å². The van der Waals surface area contributed by atoms with Gasteiger partial charge in [0.2, 0.25) is 5.91 Å². The molecule has 28 heavy (non-hydrogen) atoms. The van der Waals surface area contributed by atoms with E-state index in [0.717, 1.165) is 22.6 Å². The molecule has 0 unspecified atom stereocenters. The lowest BCUT2D eigenvalue weighted by Gasteiger charge is -2.30. The van der Waals surface area contributed by atoms with Gasteiger partial charge in [-0.05, 0) is 45.1 Å². The van der Waals surface area contributed by atoms with Crippen LogP contribution in [0.15, 0.2) is 0 Å². The second kappa shape index (κ2) is 8.50. The zero-order chi connectivity index (χ0) is 21.2. The Balaban J connectivity index is 2.10. The lowest BCUT2D eigenvalue weighted by atomic mass is 10.1. The third-order valence-corrected chi connectivity index (χ3v) is 5.79. The Bertz CT molecular complexity index is 772. The Morgan fingerprint density at radius 3 is 2.39 bits per heavy atom. The van der Waals surface area contributed by atoms with Crippen molar-refractivity contribution in [3.05, 3.63) is 16.0 Å². The molecular formula is C18H23F3N2O4S. The molecule has 1 aliphatic carbocycles. The molecule has 1 N–H and O–H groups in total. The van der Waals surface area contributed by atoms with Gasteiger partial charge in [-0.15, -0.1) is 11.3 Å². The van der Waals surface area contributed by atoms with Crippen LogP contribution in [-0.4, -0.2) is 48.1 Å². The Morgan fingerprint density at radius 1 is 1.29 bits per heavy atom. The van der Waals surface area contributed by atoms with Gasteiger partial charge in [0.25, 0.3) is 5.91 Å². The van der Waals surface area contributed by atoms with E-state index in [2.05, 4.69) is 5.32 Å². The number of carbonyl (C=O) groups excluding carboxylic acids is 3. The predicted octanol–water partition coefficient (Wildman–Crippen LogP) is 3.67. The van der Waals surface area contributed by atoms with Crippen LogP contribution in [0.3, 0.4) is 0 Å². The minimum absolute atomic E-state index is 0.0372. The maximum atomic E-state index is 12.9. The van der Waals surface area contributed by atoms with Crippen LogP contribution in [-0.2, 0) is 14.3 Å². The van der Waals surface area contributed by atoms with E-state index in [1.54, 1.807) is 20.8 Å². The summed E-state index contributed by atoms with van der Waals surface area (Å²) in [5.74, 6) is -2.09. The van der Waals surface area contributed by atoms with Gasteiger partial charge >= 0.3 is 12.1 Å². The number of rotatable bonds is 7. The largest absolute Gasteiger partial charge is 0.452 e.